The van der Waals surface area contributed by atoms with Gasteiger partial charge in [0.25, 0.3) is 0 Å². The SMILES string of the molecule is N=C1C(c2nc(-c3ccc(F)cc3)cs2)=C(O)CN1c1ccc(F)c(Cl)c1. The molecule has 0 bridgehead atoms. The summed E-state index contributed by atoms with van der Waals surface area (Å²) in [6, 6.07) is 10.1. The summed E-state index contributed by atoms with van der Waals surface area (Å²) in [6.07, 6.45) is 0. The fourth-order valence-corrected chi connectivity index (χ4v) is 3.89. The van der Waals surface area contributed by atoms with Gasteiger partial charge in [-0.15, -0.1) is 11.3 Å². The molecule has 0 radical (unpaired) electrons. The number of amidine groups is 1. The van der Waals surface area contributed by atoms with Gasteiger partial charge in [-0.2, -0.15) is 0 Å². The molecule has 0 fully saturated rings. The Morgan fingerprint density at radius 3 is 2.59 bits per heavy atom. The highest BCUT2D eigenvalue weighted by Crippen LogP contribution is 2.35. The zero-order chi connectivity index (χ0) is 19.1. The van der Waals surface area contributed by atoms with Gasteiger partial charge in [-0.25, -0.2) is 13.8 Å². The van der Waals surface area contributed by atoms with Crippen LogP contribution < -0.4 is 4.90 Å². The van der Waals surface area contributed by atoms with Crippen LogP contribution in [0.2, 0.25) is 5.02 Å². The van der Waals surface area contributed by atoms with Crippen molar-refractivity contribution in [3.63, 3.8) is 0 Å². The van der Waals surface area contributed by atoms with Crippen molar-refractivity contribution in [1.82, 2.24) is 4.98 Å². The molecule has 4 rings (SSSR count). The fourth-order valence-electron chi connectivity index (χ4n) is 2.82. The summed E-state index contributed by atoms with van der Waals surface area (Å²) in [4.78, 5) is 6.00. The molecule has 8 heteroatoms. The average molecular weight is 404 g/mol. The van der Waals surface area contributed by atoms with Gasteiger partial charge in [0.05, 0.1) is 22.8 Å². The zero-order valence-corrected chi connectivity index (χ0v) is 15.3. The first-order valence-corrected chi connectivity index (χ1v) is 9.15. The van der Waals surface area contributed by atoms with E-state index in [9.17, 15) is 13.9 Å². The lowest BCUT2D eigenvalue weighted by Crippen LogP contribution is -2.26. The summed E-state index contributed by atoms with van der Waals surface area (Å²) in [5.74, 6) is -0.830. The standard InChI is InChI=1S/C19H12ClF2N3OS/c20-13-7-12(5-6-14(13)22)25-8-16(26)17(18(25)23)19-24-15(9-27-19)10-1-3-11(21)4-2-10/h1-7,9,23,26H,8H2. The van der Waals surface area contributed by atoms with Gasteiger partial charge in [-0.1, -0.05) is 11.6 Å². The van der Waals surface area contributed by atoms with E-state index in [0.29, 0.717) is 22.0 Å². The summed E-state index contributed by atoms with van der Waals surface area (Å²) >= 11 is 7.11. The van der Waals surface area contributed by atoms with Crippen LogP contribution in [0.1, 0.15) is 5.01 Å². The van der Waals surface area contributed by atoms with Gasteiger partial charge in [0.1, 0.15) is 28.2 Å². The smallest absolute Gasteiger partial charge is 0.141 e. The van der Waals surface area contributed by atoms with Gasteiger partial charge in [-0.3, -0.25) is 5.41 Å². The lowest BCUT2D eigenvalue weighted by atomic mass is 10.2. The first-order chi connectivity index (χ1) is 12.9. The highest BCUT2D eigenvalue weighted by atomic mass is 35.5. The quantitative estimate of drug-likeness (QED) is 0.606. The Kier molecular flexibility index (Phi) is 4.41. The molecule has 0 aliphatic carbocycles. The number of hydrogen-bond acceptors (Lipinski definition) is 4. The number of thiazole rings is 1. The highest BCUT2D eigenvalue weighted by molar-refractivity contribution is 7.11. The topological polar surface area (TPSA) is 60.2 Å². The second kappa shape index (κ2) is 6.75. The third-order valence-corrected chi connectivity index (χ3v) is 5.33. The highest BCUT2D eigenvalue weighted by Gasteiger charge is 2.31. The normalized spacial score (nSPS) is 14.3. The Bertz CT molecular complexity index is 1080. The minimum absolute atomic E-state index is 0.000420. The molecule has 0 unspecified atom stereocenters. The maximum absolute atomic E-state index is 13.4. The third kappa shape index (κ3) is 3.20. The Morgan fingerprint density at radius 2 is 1.89 bits per heavy atom. The number of nitrogens with one attached hydrogen (secondary N) is 1. The predicted molar refractivity (Wildman–Crippen MR) is 104 cm³/mol. The van der Waals surface area contributed by atoms with Crippen LogP contribution in [0.15, 0.2) is 53.6 Å². The van der Waals surface area contributed by atoms with Crippen LogP contribution in [0, 0.1) is 17.0 Å². The number of anilines is 1. The number of aliphatic hydroxyl groups excluding tert-OH is 1. The van der Waals surface area contributed by atoms with Crippen LogP contribution in [0.4, 0.5) is 14.5 Å². The van der Waals surface area contributed by atoms with Crippen molar-refractivity contribution in [2.75, 3.05) is 11.4 Å². The second-order valence-electron chi connectivity index (χ2n) is 5.90. The van der Waals surface area contributed by atoms with Gasteiger partial charge < -0.3 is 10.0 Å². The first-order valence-electron chi connectivity index (χ1n) is 7.89. The van der Waals surface area contributed by atoms with E-state index in [2.05, 4.69) is 4.98 Å². The molecular formula is C19H12ClF2N3OS. The van der Waals surface area contributed by atoms with Crippen molar-refractivity contribution in [3.05, 3.63) is 75.3 Å². The van der Waals surface area contributed by atoms with Crippen LogP contribution in [-0.2, 0) is 0 Å². The Labute approximate surface area is 162 Å². The summed E-state index contributed by atoms with van der Waals surface area (Å²) < 4.78 is 26.5. The number of halogens is 3. The van der Waals surface area contributed by atoms with Crippen LogP contribution >= 0.6 is 22.9 Å². The van der Waals surface area contributed by atoms with E-state index in [0.717, 1.165) is 5.56 Å². The molecule has 27 heavy (non-hydrogen) atoms. The minimum Gasteiger partial charge on any atom is -0.510 e. The molecule has 1 aliphatic rings. The molecule has 2 N–H and O–H groups in total. The van der Waals surface area contributed by atoms with Crippen molar-refractivity contribution < 1.29 is 13.9 Å². The molecule has 0 saturated heterocycles. The van der Waals surface area contributed by atoms with Crippen LogP contribution in [0.3, 0.4) is 0 Å². The minimum atomic E-state index is -0.549. The van der Waals surface area contributed by atoms with Gasteiger partial charge >= 0.3 is 0 Å². The molecule has 1 aliphatic heterocycles. The molecule has 0 spiro atoms. The van der Waals surface area contributed by atoms with Gasteiger partial charge in [0.2, 0.25) is 0 Å². The van der Waals surface area contributed by atoms with Crippen molar-refractivity contribution in [1.29, 1.82) is 5.41 Å². The van der Waals surface area contributed by atoms with E-state index in [1.54, 1.807) is 17.5 Å². The fraction of sp³-hybridized carbons (Fsp3) is 0.0526. The monoisotopic (exact) mass is 403 g/mol. The number of benzene rings is 2. The van der Waals surface area contributed by atoms with Crippen LogP contribution in [-0.4, -0.2) is 22.5 Å². The number of aromatic nitrogens is 1. The molecule has 3 aromatic rings. The summed E-state index contributed by atoms with van der Waals surface area (Å²) in [6.45, 7) is 0.0710. The lowest BCUT2D eigenvalue weighted by Gasteiger charge is -2.18. The van der Waals surface area contributed by atoms with Crippen LogP contribution in [0.5, 0.6) is 0 Å². The maximum atomic E-state index is 13.4. The average Bonchev–Trinajstić information content (AvgIpc) is 3.22. The van der Waals surface area contributed by atoms with Crippen molar-refractivity contribution in [3.8, 4) is 11.3 Å². The Balaban J connectivity index is 1.64. The summed E-state index contributed by atoms with van der Waals surface area (Å²) in [5, 5.41) is 21.0. The largest absolute Gasteiger partial charge is 0.510 e. The molecule has 2 heterocycles. The van der Waals surface area contributed by atoms with Gasteiger partial charge in [0.15, 0.2) is 0 Å². The van der Waals surface area contributed by atoms with Gasteiger partial charge in [0, 0.05) is 16.6 Å². The molecule has 0 atom stereocenters. The number of nitrogens with zero attached hydrogens (tertiary/aromatic N) is 2. The van der Waals surface area contributed by atoms with Crippen molar-refractivity contribution in [2.24, 2.45) is 0 Å². The van der Waals surface area contributed by atoms with E-state index in [1.807, 2.05) is 0 Å². The van der Waals surface area contributed by atoms with E-state index in [-0.39, 0.29) is 29.0 Å². The molecule has 1 aromatic heterocycles. The first kappa shape index (κ1) is 17.6. The number of rotatable bonds is 3. The zero-order valence-electron chi connectivity index (χ0n) is 13.7. The Hall–Kier alpha value is -2.77. The van der Waals surface area contributed by atoms with Gasteiger partial charge in [-0.05, 0) is 42.5 Å². The van der Waals surface area contributed by atoms with Crippen molar-refractivity contribution in [2.45, 2.75) is 0 Å². The van der Waals surface area contributed by atoms with Crippen LogP contribution in [0.25, 0.3) is 16.8 Å². The molecule has 0 saturated carbocycles. The number of aliphatic hydroxyl groups is 1. The summed E-state index contributed by atoms with van der Waals surface area (Å²) in [7, 11) is 0. The third-order valence-electron chi connectivity index (χ3n) is 4.18. The number of hydrogen-bond donors (Lipinski definition) is 2. The van der Waals surface area contributed by atoms with E-state index < -0.39 is 5.82 Å². The van der Waals surface area contributed by atoms with Crippen molar-refractivity contribution >= 4 is 40.0 Å². The maximum Gasteiger partial charge on any atom is 0.141 e. The second-order valence-corrected chi connectivity index (χ2v) is 7.16. The van der Waals surface area contributed by atoms with E-state index in [4.69, 9.17) is 17.0 Å². The molecular weight excluding hydrogens is 392 g/mol. The van der Waals surface area contributed by atoms with E-state index >= 15 is 0 Å². The molecule has 4 nitrogen and oxygen atoms in total. The molecule has 136 valence electrons. The van der Waals surface area contributed by atoms with E-state index in [1.165, 1.54) is 46.6 Å². The molecule has 0 amide bonds. The lowest BCUT2D eigenvalue weighted by molar-refractivity contribution is 0.411. The summed E-state index contributed by atoms with van der Waals surface area (Å²) in [5.41, 5.74) is 2.19. The molecule has 2 aromatic carbocycles. The Morgan fingerprint density at radius 1 is 1.15 bits per heavy atom. The predicted octanol–water partition coefficient (Wildman–Crippen LogP) is 5.51.